The van der Waals surface area contributed by atoms with E-state index in [1.54, 1.807) is 0 Å². The van der Waals surface area contributed by atoms with Crippen LogP contribution in [-0.4, -0.2) is 86.1 Å². The summed E-state index contributed by atoms with van der Waals surface area (Å²) in [6.07, 6.45) is 13.7. The summed E-state index contributed by atoms with van der Waals surface area (Å²) < 4.78 is 0. The number of halogens is 1. The van der Waals surface area contributed by atoms with Gasteiger partial charge in [-0.1, -0.05) is 19.3 Å². The standard InChI is InChI=1S/C23H45N5.HI/c1-2-24-23(25-13-6-3-7-14-26-15-8-4-9-16-26)28-19-12-22(21-28)20-27-17-10-5-11-18-27;/h22H,2-21H2,1H3,(H,24,25);1H. The zero-order chi connectivity index (χ0) is 19.4. The third kappa shape index (κ3) is 9.30. The molecule has 1 unspecified atom stereocenters. The molecule has 0 amide bonds. The van der Waals surface area contributed by atoms with Crippen molar-refractivity contribution in [2.75, 3.05) is 65.4 Å². The Bertz CT molecular complexity index is 447. The highest BCUT2D eigenvalue weighted by molar-refractivity contribution is 14.0. The topological polar surface area (TPSA) is 34.1 Å². The summed E-state index contributed by atoms with van der Waals surface area (Å²) in [5, 5.41) is 3.55. The number of guanidine groups is 1. The van der Waals surface area contributed by atoms with Crippen LogP contribution in [0.2, 0.25) is 0 Å². The van der Waals surface area contributed by atoms with Crippen LogP contribution in [0, 0.1) is 5.92 Å². The highest BCUT2D eigenvalue weighted by Crippen LogP contribution is 2.20. The molecule has 0 saturated carbocycles. The molecule has 0 spiro atoms. The lowest BCUT2D eigenvalue weighted by atomic mass is 10.1. The fraction of sp³-hybridized carbons (Fsp3) is 0.957. The van der Waals surface area contributed by atoms with E-state index in [-0.39, 0.29) is 24.0 Å². The van der Waals surface area contributed by atoms with E-state index >= 15 is 0 Å². The molecular formula is C23H46IN5. The zero-order valence-corrected chi connectivity index (χ0v) is 21.2. The van der Waals surface area contributed by atoms with Gasteiger partial charge in [0, 0.05) is 32.7 Å². The zero-order valence-electron chi connectivity index (χ0n) is 18.9. The van der Waals surface area contributed by atoms with Crippen LogP contribution in [0.1, 0.15) is 71.1 Å². The second-order valence-electron chi connectivity index (χ2n) is 9.16. The van der Waals surface area contributed by atoms with E-state index in [0.29, 0.717) is 0 Å². The van der Waals surface area contributed by atoms with Crippen molar-refractivity contribution in [3.63, 3.8) is 0 Å². The second-order valence-corrected chi connectivity index (χ2v) is 9.16. The number of hydrogen-bond donors (Lipinski definition) is 1. The van der Waals surface area contributed by atoms with Gasteiger partial charge < -0.3 is 20.0 Å². The van der Waals surface area contributed by atoms with Crippen molar-refractivity contribution >= 4 is 29.9 Å². The van der Waals surface area contributed by atoms with Crippen LogP contribution < -0.4 is 5.32 Å². The minimum absolute atomic E-state index is 0. The van der Waals surface area contributed by atoms with E-state index < -0.39 is 0 Å². The van der Waals surface area contributed by atoms with Gasteiger partial charge in [-0.15, -0.1) is 24.0 Å². The number of unbranched alkanes of at least 4 members (excludes halogenated alkanes) is 2. The smallest absolute Gasteiger partial charge is 0.193 e. The van der Waals surface area contributed by atoms with Gasteiger partial charge in [-0.05, 0) is 90.5 Å². The number of nitrogens with zero attached hydrogens (tertiary/aromatic N) is 4. The summed E-state index contributed by atoms with van der Waals surface area (Å²) in [5.41, 5.74) is 0. The summed E-state index contributed by atoms with van der Waals surface area (Å²) in [6.45, 7) is 14.4. The van der Waals surface area contributed by atoms with Gasteiger partial charge in [0.1, 0.15) is 0 Å². The molecule has 0 aromatic carbocycles. The molecule has 0 aromatic heterocycles. The average Bonchev–Trinajstić information content (AvgIpc) is 3.19. The van der Waals surface area contributed by atoms with Gasteiger partial charge in [0.2, 0.25) is 0 Å². The molecule has 0 bridgehead atoms. The van der Waals surface area contributed by atoms with Crippen molar-refractivity contribution in [2.24, 2.45) is 10.9 Å². The maximum absolute atomic E-state index is 4.97. The molecule has 3 aliphatic heterocycles. The van der Waals surface area contributed by atoms with E-state index in [9.17, 15) is 0 Å². The van der Waals surface area contributed by atoms with Gasteiger partial charge in [0.15, 0.2) is 5.96 Å². The Morgan fingerprint density at radius 1 is 0.862 bits per heavy atom. The summed E-state index contributed by atoms with van der Waals surface area (Å²) >= 11 is 0. The maximum atomic E-state index is 4.97. The first-order valence-electron chi connectivity index (χ1n) is 12.3. The average molecular weight is 520 g/mol. The molecule has 3 rings (SSSR count). The first-order chi connectivity index (χ1) is 13.8. The number of rotatable bonds is 9. The Kier molecular flexibility index (Phi) is 12.9. The van der Waals surface area contributed by atoms with E-state index in [1.807, 2.05) is 0 Å². The van der Waals surface area contributed by atoms with Crippen LogP contribution >= 0.6 is 24.0 Å². The third-order valence-corrected chi connectivity index (χ3v) is 6.73. The Morgan fingerprint density at radius 3 is 2.24 bits per heavy atom. The molecule has 0 aromatic rings. The van der Waals surface area contributed by atoms with E-state index in [2.05, 4.69) is 26.9 Å². The molecule has 3 saturated heterocycles. The molecule has 6 heteroatoms. The maximum Gasteiger partial charge on any atom is 0.193 e. The number of piperidine rings is 2. The first kappa shape index (κ1) is 25.2. The Balaban J connectivity index is 0.00000300. The Hall–Kier alpha value is -0.0800. The number of nitrogens with one attached hydrogen (secondary N) is 1. The summed E-state index contributed by atoms with van der Waals surface area (Å²) in [5.74, 6) is 1.99. The molecule has 3 aliphatic rings. The number of aliphatic imine (C=N–C) groups is 1. The Labute approximate surface area is 197 Å². The largest absolute Gasteiger partial charge is 0.357 e. The summed E-state index contributed by atoms with van der Waals surface area (Å²) in [6, 6.07) is 0. The molecule has 5 nitrogen and oxygen atoms in total. The molecule has 1 atom stereocenters. The quantitative estimate of drug-likeness (QED) is 0.216. The van der Waals surface area contributed by atoms with Crippen LogP contribution in [-0.2, 0) is 0 Å². The van der Waals surface area contributed by atoms with Crippen molar-refractivity contribution < 1.29 is 0 Å². The fourth-order valence-electron chi connectivity index (χ4n) is 5.10. The Morgan fingerprint density at radius 2 is 1.55 bits per heavy atom. The minimum Gasteiger partial charge on any atom is -0.357 e. The van der Waals surface area contributed by atoms with Crippen molar-refractivity contribution in [1.29, 1.82) is 0 Å². The summed E-state index contributed by atoms with van der Waals surface area (Å²) in [7, 11) is 0. The lowest BCUT2D eigenvalue weighted by Crippen LogP contribution is -2.41. The predicted molar refractivity (Wildman–Crippen MR) is 136 cm³/mol. The molecule has 170 valence electrons. The van der Waals surface area contributed by atoms with Gasteiger partial charge >= 0.3 is 0 Å². The third-order valence-electron chi connectivity index (χ3n) is 6.73. The van der Waals surface area contributed by atoms with Crippen molar-refractivity contribution in [3.05, 3.63) is 0 Å². The van der Waals surface area contributed by atoms with Gasteiger partial charge in [0.05, 0.1) is 0 Å². The van der Waals surface area contributed by atoms with E-state index in [0.717, 1.165) is 19.0 Å². The van der Waals surface area contributed by atoms with Crippen LogP contribution in [0.3, 0.4) is 0 Å². The molecule has 0 aliphatic carbocycles. The summed E-state index contributed by atoms with van der Waals surface area (Å²) in [4.78, 5) is 12.8. The van der Waals surface area contributed by atoms with Gasteiger partial charge in [0.25, 0.3) is 0 Å². The first-order valence-corrected chi connectivity index (χ1v) is 12.3. The molecule has 3 heterocycles. The highest BCUT2D eigenvalue weighted by Gasteiger charge is 2.26. The second kappa shape index (κ2) is 14.8. The van der Waals surface area contributed by atoms with Crippen molar-refractivity contribution in [2.45, 2.75) is 71.1 Å². The lowest BCUT2D eigenvalue weighted by molar-refractivity contribution is 0.198. The SMILES string of the molecule is CCNC(=NCCCCCN1CCCCC1)N1CCC(CN2CCCCC2)C1.I. The van der Waals surface area contributed by atoms with Gasteiger partial charge in [-0.25, -0.2) is 0 Å². The van der Waals surface area contributed by atoms with Gasteiger partial charge in [-0.3, -0.25) is 4.99 Å². The molecular weight excluding hydrogens is 473 g/mol. The van der Waals surface area contributed by atoms with Crippen LogP contribution in [0.4, 0.5) is 0 Å². The fourth-order valence-corrected chi connectivity index (χ4v) is 5.10. The van der Waals surface area contributed by atoms with Crippen LogP contribution in [0.5, 0.6) is 0 Å². The normalized spacial score (nSPS) is 24.5. The molecule has 1 N–H and O–H groups in total. The highest BCUT2D eigenvalue weighted by atomic mass is 127. The molecule has 0 radical (unpaired) electrons. The monoisotopic (exact) mass is 519 g/mol. The van der Waals surface area contributed by atoms with E-state index in [1.165, 1.54) is 123 Å². The van der Waals surface area contributed by atoms with E-state index in [4.69, 9.17) is 4.99 Å². The van der Waals surface area contributed by atoms with Crippen molar-refractivity contribution in [3.8, 4) is 0 Å². The number of likely N-dealkylation sites (tertiary alicyclic amines) is 3. The molecule has 29 heavy (non-hydrogen) atoms. The van der Waals surface area contributed by atoms with Crippen LogP contribution in [0.25, 0.3) is 0 Å². The minimum atomic E-state index is 0. The lowest BCUT2D eigenvalue weighted by Gasteiger charge is -2.29. The van der Waals surface area contributed by atoms with Crippen LogP contribution in [0.15, 0.2) is 4.99 Å². The number of hydrogen-bond acceptors (Lipinski definition) is 3. The van der Waals surface area contributed by atoms with Gasteiger partial charge in [-0.2, -0.15) is 0 Å². The predicted octanol–water partition coefficient (Wildman–Crippen LogP) is 4.03. The molecule has 3 fully saturated rings. The van der Waals surface area contributed by atoms with Crippen molar-refractivity contribution in [1.82, 2.24) is 20.0 Å².